The fourth-order valence-electron chi connectivity index (χ4n) is 3.27. The molecule has 1 saturated heterocycles. The Morgan fingerprint density at radius 2 is 1.76 bits per heavy atom. The van der Waals surface area contributed by atoms with Gasteiger partial charge in [0.2, 0.25) is 5.91 Å². The van der Waals surface area contributed by atoms with Gasteiger partial charge in [0.25, 0.3) is 5.91 Å². The minimum atomic E-state index is -0.846. The number of hydrogen-bond acceptors (Lipinski definition) is 4. The molecule has 1 aliphatic heterocycles. The number of rotatable bonds is 7. The molecule has 1 fully saturated rings. The maximum Gasteiger partial charge on any atom is 0.258 e. The minimum absolute atomic E-state index is 0.0459. The quantitative estimate of drug-likeness (QED) is 0.743. The highest BCUT2D eigenvalue weighted by Gasteiger charge is 2.21. The summed E-state index contributed by atoms with van der Waals surface area (Å²) in [7, 11) is 0. The maximum atomic E-state index is 13.3. The molecule has 1 heterocycles. The zero-order valence-electron chi connectivity index (χ0n) is 15.9. The number of halogens is 2. The predicted octanol–water partition coefficient (Wildman–Crippen LogP) is 2.22. The summed E-state index contributed by atoms with van der Waals surface area (Å²) in [5, 5.41) is 2.95. The standard InChI is InChI=1S/C21H23F2N3O3/c22-18-6-1-14(11-19(18)23)12-26-9-7-16(8-10-26)25-20(27)13-29-17-4-2-15(3-5-17)21(24)28/h1-6,11,16H,7-10,12-13H2,(H2,24,28)(H,25,27). The summed E-state index contributed by atoms with van der Waals surface area (Å²) in [6, 6.07) is 10.2. The molecule has 0 aromatic heterocycles. The van der Waals surface area contributed by atoms with Crippen molar-refractivity contribution < 1.29 is 23.1 Å². The van der Waals surface area contributed by atoms with E-state index < -0.39 is 17.5 Å². The van der Waals surface area contributed by atoms with Crippen LogP contribution in [-0.4, -0.2) is 42.5 Å². The minimum Gasteiger partial charge on any atom is -0.484 e. The largest absolute Gasteiger partial charge is 0.484 e. The predicted molar refractivity (Wildman–Crippen MR) is 103 cm³/mol. The summed E-state index contributed by atoms with van der Waals surface area (Å²) in [5.74, 6) is -1.95. The van der Waals surface area contributed by atoms with Crippen LogP contribution >= 0.6 is 0 Å². The summed E-state index contributed by atoms with van der Waals surface area (Å²) < 4.78 is 31.8. The normalized spacial score (nSPS) is 15.1. The maximum absolute atomic E-state index is 13.3. The van der Waals surface area contributed by atoms with E-state index in [9.17, 15) is 18.4 Å². The van der Waals surface area contributed by atoms with Crippen molar-refractivity contribution in [3.63, 3.8) is 0 Å². The van der Waals surface area contributed by atoms with Crippen LogP contribution in [0.2, 0.25) is 0 Å². The number of likely N-dealkylation sites (tertiary alicyclic amines) is 1. The Hall–Kier alpha value is -3.00. The lowest BCUT2D eigenvalue weighted by molar-refractivity contribution is -0.124. The number of piperidine rings is 1. The average Bonchev–Trinajstić information content (AvgIpc) is 2.71. The Morgan fingerprint density at radius 3 is 2.38 bits per heavy atom. The number of nitrogens with two attached hydrogens (primary N) is 1. The Morgan fingerprint density at radius 1 is 1.07 bits per heavy atom. The molecule has 0 spiro atoms. The van der Waals surface area contributed by atoms with Gasteiger partial charge in [-0.15, -0.1) is 0 Å². The molecule has 2 aromatic rings. The first-order chi connectivity index (χ1) is 13.9. The summed E-state index contributed by atoms with van der Waals surface area (Å²) in [4.78, 5) is 25.3. The lowest BCUT2D eigenvalue weighted by Gasteiger charge is -2.32. The van der Waals surface area contributed by atoms with Gasteiger partial charge in [-0.3, -0.25) is 14.5 Å². The summed E-state index contributed by atoms with van der Waals surface area (Å²) in [6.07, 6.45) is 1.53. The molecule has 3 N–H and O–H groups in total. The first-order valence-corrected chi connectivity index (χ1v) is 9.39. The van der Waals surface area contributed by atoms with E-state index in [1.807, 2.05) is 0 Å². The van der Waals surface area contributed by atoms with Gasteiger partial charge < -0.3 is 15.8 Å². The van der Waals surface area contributed by atoms with Crippen molar-refractivity contribution in [1.29, 1.82) is 0 Å². The van der Waals surface area contributed by atoms with Crippen molar-refractivity contribution in [2.45, 2.75) is 25.4 Å². The Bertz CT molecular complexity index is 866. The molecule has 0 saturated carbocycles. The van der Waals surface area contributed by atoms with Gasteiger partial charge in [0, 0.05) is 31.2 Å². The van der Waals surface area contributed by atoms with Gasteiger partial charge in [0.1, 0.15) is 5.75 Å². The molecule has 29 heavy (non-hydrogen) atoms. The van der Waals surface area contributed by atoms with E-state index in [4.69, 9.17) is 10.5 Å². The van der Waals surface area contributed by atoms with Crippen molar-refractivity contribution in [2.24, 2.45) is 5.73 Å². The van der Waals surface area contributed by atoms with Gasteiger partial charge >= 0.3 is 0 Å². The molecular formula is C21H23F2N3O3. The third-order valence-electron chi connectivity index (χ3n) is 4.85. The van der Waals surface area contributed by atoms with Gasteiger partial charge in [0.05, 0.1) is 0 Å². The smallest absolute Gasteiger partial charge is 0.258 e. The topological polar surface area (TPSA) is 84.7 Å². The second-order valence-corrected chi connectivity index (χ2v) is 7.04. The van der Waals surface area contributed by atoms with E-state index in [-0.39, 0.29) is 18.6 Å². The Kier molecular flexibility index (Phi) is 6.77. The van der Waals surface area contributed by atoms with Crippen molar-refractivity contribution in [2.75, 3.05) is 19.7 Å². The van der Waals surface area contributed by atoms with Gasteiger partial charge in [0.15, 0.2) is 18.2 Å². The Labute approximate surface area is 167 Å². The number of ether oxygens (including phenoxy) is 1. The third-order valence-corrected chi connectivity index (χ3v) is 4.85. The lowest BCUT2D eigenvalue weighted by atomic mass is 10.0. The summed E-state index contributed by atoms with van der Waals surface area (Å²) in [6.45, 7) is 1.92. The number of amides is 2. The number of carbonyl (C=O) groups excluding carboxylic acids is 2. The second kappa shape index (κ2) is 9.47. The van der Waals surface area contributed by atoms with Crippen molar-refractivity contribution in [3.8, 4) is 5.75 Å². The van der Waals surface area contributed by atoms with Crippen LogP contribution in [0.25, 0.3) is 0 Å². The molecule has 2 aromatic carbocycles. The summed E-state index contributed by atoms with van der Waals surface area (Å²) >= 11 is 0. The van der Waals surface area contributed by atoms with Crippen LogP contribution in [0.3, 0.4) is 0 Å². The van der Waals surface area contributed by atoms with Gasteiger partial charge in [-0.25, -0.2) is 8.78 Å². The zero-order chi connectivity index (χ0) is 20.8. The Balaban J connectivity index is 1.39. The second-order valence-electron chi connectivity index (χ2n) is 7.04. The monoisotopic (exact) mass is 403 g/mol. The highest BCUT2D eigenvalue weighted by Crippen LogP contribution is 2.16. The molecular weight excluding hydrogens is 380 g/mol. The fourth-order valence-corrected chi connectivity index (χ4v) is 3.27. The molecule has 6 nitrogen and oxygen atoms in total. The van der Waals surface area contributed by atoms with E-state index >= 15 is 0 Å². The number of benzene rings is 2. The van der Waals surface area contributed by atoms with E-state index in [1.165, 1.54) is 18.2 Å². The van der Waals surface area contributed by atoms with Gasteiger partial charge in [-0.1, -0.05) is 6.07 Å². The third kappa shape index (κ3) is 5.99. The van der Waals surface area contributed by atoms with Crippen LogP contribution in [0.5, 0.6) is 5.75 Å². The van der Waals surface area contributed by atoms with Crippen LogP contribution in [0.15, 0.2) is 42.5 Å². The van der Waals surface area contributed by atoms with Gasteiger partial charge in [-0.05, 0) is 54.8 Å². The molecule has 0 unspecified atom stereocenters. The van der Waals surface area contributed by atoms with Crippen LogP contribution in [0.4, 0.5) is 8.78 Å². The molecule has 0 bridgehead atoms. The van der Waals surface area contributed by atoms with Crippen LogP contribution in [-0.2, 0) is 11.3 Å². The van der Waals surface area contributed by atoms with Crippen LogP contribution < -0.4 is 15.8 Å². The zero-order valence-corrected chi connectivity index (χ0v) is 15.9. The molecule has 1 aliphatic rings. The van der Waals surface area contributed by atoms with E-state index in [0.717, 1.165) is 37.6 Å². The number of hydrogen-bond donors (Lipinski definition) is 2. The lowest BCUT2D eigenvalue weighted by Crippen LogP contribution is -2.45. The molecule has 2 amide bonds. The van der Waals surface area contributed by atoms with E-state index in [1.54, 1.807) is 18.2 Å². The number of nitrogens with one attached hydrogen (secondary N) is 1. The highest BCUT2D eigenvalue weighted by atomic mass is 19.2. The first kappa shape index (κ1) is 20.7. The molecule has 8 heteroatoms. The number of primary amides is 1. The van der Waals surface area contributed by atoms with Crippen LogP contribution in [0, 0.1) is 11.6 Å². The number of nitrogens with zero attached hydrogens (tertiary/aromatic N) is 1. The summed E-state index contributed by atoms with van der Waals surface area (Å²) in [5.41, 5.74) is 6.27. The first-order valence-electron chi connectivity index (χ1n) is 9.39. The molecule has 0 atom stereocenters. The van der Waals surface area contributed by atoms with Crippen molar-refractivity contribution >= 4 is 11.8 Å². The average molecular weight is 403 g/mol. The van der Waals surface area contributed by atoms with E-state index in [2.05, 4.69) is 10.2 Å². The molecule has 154 valence electrons. The highest BCUT2D eigenvalue weighted by molar-refractivity contribution is 5.92. The van der Waals surface area contributed by atoms with Crippen molar-refractivity contribution in [1.82, 2.24) is 10.2 Å². The van der Waals surface area contributed by atoms with E-state index in [0.29, 0.717) is 17.9 Å². The SMILES string of the molecule is NC(=O)c1ccc(OCC(=O)NC2CCN(Cc3ccc(F)c(F)c3)CC2)cc1. The van der Waals surface area contributed by atoms with Crippen LogP contribution in [0.1, 0.15) is 28.8 Å². The van der Waals surface area contributed by atoms with Crippen molar-refractivity contribution in [3.05, 3.63) is 65.2 Å². The molecule has 0 radical (unpaired) electrons. The molecule has 0 aliphatic carbocycles. The van der Waals surface area contributed by atoms with Gasteiger partial charge in [-0.2, -0.15) is 0 Å². The molecule has 3 rings (SSSR count). The fraction of sp³-hybridized carbons (Fsp3) is 0.333. The number of carbonyl (C=O) groups is 2.